The van der Waals surface area contributed by atoms with E-state index in [2.05, 4.69) is 9.97 Å². The minimum Gasteiger partial charge on any atom is -0.494 e. The second-order valence-electron chi connectivity index (χ2n) is 4.40. The lowest BCUT2D eigenvalue weighted by atomic mass is 9.93. The van der Waals surface area contributed by atoms with E-state index in [-0.39, 0.29) is 5.92 Å². The fourth-order valence-corrected chi connectivity index (χ4v) is 2.07. The third-order valence-electron chi connectivity index (χ3n) is 3.10. The van der Waals surface area contributed by atoms with Gasteiger partial charge in [0.25, 0.3) is 0 Å². The molecule has 1 aromatic carbocycles. The van der Waals surface area contributed by atoms with E-state index in [1.165, 1.54) is 0 Å². The summed E-state index contributed by atoms with van der Waals surface area (Å²) in [4.78, 5) is 8.16. The van der Waals surface area contributed by atoms with Gasteiger partial charge in [0.15, 0.2) is 5.82 Å². The highest BCUT2D eigenvalue weighted by atomic mass is 16.5. The number of nitrogens with two attached hydrogens (primary N) is 1. The van der Waals surface area contributed by atoms with Gasteiger partial charge in [-0.15, -0.1) is 0 Å². The van der Waals surface area contributed by atoms with Gasteiger partial charge in [-0.1, -0.05) is 12.1 Å². The highest BCUT2D eigenvalue weighted by Crippen LogP contribution is 2.29. The third kappa shape index (κ3) is 3.31. The number of nitrogens with zero attached hydrogens (tertiary/aromatic N) is 2. The first kappa shape index (κ1) is 14.4. The zero-order chi connectivity index (χ0) is 14.4. The predicted octanol–water partition coefficient (Wildman–Crippen LogP) is 1.65. The Kier molecular flexibility index (Phi) is 5.03. The molecule has 1 heterocycles. The number of hydrogen-bond acceptors (Lipinski definition) is 5. The van der Waals surface area contributed by atoms with Crippen molar-refractivity contribution in [3.05, 3.63) is 54.1 Å². The van der Waals surface area contributed by atoms with Crippen molar-refractivity contribution in [1.82, 2.24) is 9.97 Å². The Balaban J connectivity index is 2.19. The molecule has 2 unspecified atom stereocenters. The number of aromatic nitrogens is 2. The molecule has 0 saturated heterocycles. The number of aliphatic hydroxyl groups is 1. The van der Waals surface area contributed by atoms with Crippen LogP contribution < -0.4 is 10.5 Å². The van der Waals surface area contributed by atoms with Crippen molar-refractivity contribution >= 4 is 0 Å². The quantitative estimate of drug-likeness (QED) is 0.836. The highest BCUT2D eigenvalue weighted by molar-refractivity contribution is 5.30. The van der Waals surface area contributed by atoms with Crippen LogP contribution >= 0.6 is 0 Å². The summed E-state index contributed by atoms with van der Waals surface area (Å²) in [6.45, 7) is 2.88. The molecular formula is C15H19N3O2. The number of ether oxygens (including phenoxy) is 1. The van der Waals surface area contributed by atoms with E-state index in [0.29, 0.717) is 19.0 Å². The molecule has 0 aliphatic rings. The average Bonchev–Trinajstić information content (AvgIpc) is 2.51. The van der Waals surface area contributed by atoms with Crippen LogP contribution in [0.3, 0.4) is 0 Å². The van der Waals surface area contributed by atoms with Crippen molar-refractivity contribution in [3.8, 4) is 5.75 Å². The minimum absolute atomic E-state index is 0.243. The maximum Gasteiger partial charge on any atom is 0.157 e. The molecule has 1 aromatic heterocycles. The van der Waals surface area contributed by atoms with Crippen LogP contribution in [0.4, 0.5) is 0 Å². The van der Waals surface area contributed by atoms with Gasteiger partial charge in [0.2, 0.25) is 0 Å². The van der Waals surface area contributed by atoms with Crippen LogP contribution in [0.25, 0.3) is 0 Å². The molecule has 2 rings (SSSR count). The molecule has 5 nitrogen and oxygen atoms in total. The lowest BCUT2D eigenvalue weighted by molar-refractivity contribution is 0.138. The highest BCUT2D eigenvalue weighted by Gasteiger charge is 2.23. The van der Waals surface area contributed by atoms with E-state index in [9.17, 15) is 5.11 Å². The smallest absolute Gasteiger partial charge is 0.157 e. The van der Waals surface area contributed by atoms with Crippen molar-refractivity contribution in [1.29, 1.82) is 0 Å². The van der Waals surface area contributed by atoms with Gasteiger partial charge in [-0.25, -0.2) is 9.97 Å². The maximum atomic E-state index is 10.4. The van der Waals surface area contributed by atoms with E-state index in [1.807, 2.05) is 31.2 Å². The number of benzene rings is 1. The average molecular weight is 273 g/mol. The fraction of sp³-hybridized carbons (Fsp3) is 0.333. The zero-order valence-electron chi connectivity index (χ0n) is 11.4. The first-order valence-electron chi connectivity index (χ1n) is 6.64. The summed E-state index contributed by atoms with van der Waals surface area (Å²) in [6, 6.07) is 9.29. The maximum absolute atomic E-state index is 10.4. The van der Waals surface area contributed by atoms with Gasteiger partial charge in [-0.3, -0.25) is 0 Å². The molecule has 2 aromatic rings. The van der Waals surface area contributed by atoms with Crippen molar-refractivity contribution in [2.45, 2.75) is 18.9 Å². The Morgan fingerprint density at radius 1 is 1.20 bits per heavy atom. The Hall–Kier alpha value is -1.98. The molecule has 0 fully saturated rings. The molecule has 0 spiro atoms. The summed E-state index contributed by atoms with van der Waals surface area (Å²) in [7, 11) is 0. The molecular weight excluding hydrogens is 254 g/mol. The Morgan fingerprint density at radius 2 is 1.85 bits per heavy atom. The molecule has 2 atom stereocenters. The lowest BCUT2D eigenvalue weighted by Gasteiger charge is -2.20. The summed E-state index contributed by atoms with van der Waals surface area (Å²) >= 11 is 0. The summed E-state index contributed by atoms with van der Waals surface area (Å²) in [5.41, 5.74) is 6.73. The molecule has 0 radical (unpaired) electrons. The van der Waals surface area contributed by atoms with Crippen LogP contribution in [0.2, 0.25) is 0 Å². The number of hydrogen-bond donors (Lipinski definition) is 2. The van der Waals surface area contributed by atoms with Crippen LogP contribution in [0.15, 0.2) is 42.7 Å². The van der Waals surface area contributed by atoms with E-state index in [0.717, 1.165) is 11.3 Å². The van der Waals surface area contributed by atoms with E-state index >= 15 is 0 Å². The van der Waals surface area contributed by atoms with Crippen LogP contribution in [0, 0.1) is 0 Å². The van der Waals surface area contributed by atoms with Crippen molar-refractivity contribution in [3.63, 3.8) is 0 Å². The summed E-state index contributed by atoms with van der Waals surface area (Å²) < 4.78 is 5.40. The fourth-order valence-electron chi connectivity index (χ4n) is 2.07. The molecule has 3 N–H and O–H groups in total. The third-order valence-corrected chi connectivity index (χ3v) is 3.10. The van der Waals surface area contributed by atoms with Gasteiger partial charge in [-0.05, 0) is 30.7 Å². The Bertz CT molecular complexity index is 516. The van der Waals surface area contributed by atoms with Crippen molar-refractivity contribution in [2.24, 2.45) is 5.73 Å². The summed E-state index contributed by atoms with van der Waals surface area (Å²) in [5, 5.41) is 10.4. The van der Waals surface area contributed by atoms with E-state index in [1.54, 1.807) is 18.5 Å². The predicted molar refractivity (Wildman–Crippen MR) is 76.4 cm³/mol. The van der Waals surface area contributed by atoms with Crippen molar-refractivity contribution in [2.75, 3.05) is 13.2 Å². The van der Waals surface area contributed by atoms with Gasteiger partial charge in [0.05, 0.1) is 6.61 Å². The van der Waals surface area contributed by atoms with Crippen molar-refractivity contribution < 1.29 is 9.84 Å². The summed E-state index contributed by atoms with van der Waals surface area (Å²) in [5.74, 6) is 0.947. The Labute approximate surface area is 118 Å². The molecule has 0 amide bonds. The van der Waals surface area contributed by atoms with E-state index in [4.69, 9.17) is 10.5 Å². The van der Waals surface area contributed by atoms with Gasteiger partial charge < -0.3 is 15.6 Å². The first-order valence-corrected chi connectivity index (χ1v) is 6.64. The zero-order valence-corrected chi connectivity index (χ0v) is 11.4. The normalized spacial score (nSPS) is 13.8. The molecule has 0 bridgehead atoms. The number of rotatable bonds is 6. The molecule has 20 heavy (non-hydrogen) atoms. The van der Waals surface area contributed by atoms with Gasteiger partial charge in [0.1, 0.15) is 11.9 Å². The molecule has 0 saturated carbocycles. The monoisotopic (exact) mass is 273 g/mol. The van der Waals surface area contributed by atoms with Gasteiger partial charge in [-0.2, -0.15) is 0 Å². The SMILES string of the molecule is CCOc1ccc(C(CN)C(O)c2ncccn2)cc1. The molecule has 0 aliphatic heterocycles. The topological polar surface area (TPSA) is 81.3 Å². The van der Waals surface area contributed by atoms with Crippen LogP contribution in [0.5, 0.6) is 5.75 Å². The number of aliphatic hydroxyl groups excluding tert-OH is 1. The van der Waals surface area contributed by atoms with E-state index < -0.39 is 6.10 Å². The minimum atomic E-state index is -0.820. The van der Waals surface area contributed by atoms with Crippen LogP contribution in [-0.4, -0.2) is 28.2 Å². The summed E-state index contributed by atoms with van der Waals surface area (Å²) in [6.07, 6.45) is 2.40. The molecule has 5 heteroatoms. The molecule has 0 aliphatic carbocycles. The van der Waals surface area contributed by atoms with Gasteiger partial charge >= 0.3 is 0 Å². The second-order valence-corrected chi connectivity index (χ2v) is 4.40. The lowest BCUT2D eigenvalue weighted by Crippen LogP contribution is -2.21. The largest absolute Gasteiger partial charge is 0.494 e. The van der Waals surface area contributed by atoms with Crippen LogP contribution in [0.1, 0.15) is 30.3 Å². The van der Waals surface area contributed by atoms with Gasteiger partial charge in [0, 0.05) is 24.9 Å². The Morgan fingerprint density at radius 3 is 2.40 bits per heavy atom. The molecule has 106 valence electrons. The standard InChI is InChI=1S/C15H19N3O2/c1-2-20-12-6-4-11(5-7-12)13(10-16)14(19)15-17-8-3-9-18-15/h3-9,13-14,19H,2,10,16H2,1H3. The first-order chi connectivity index (χ1) is 9.76. The van der Waals surface area contributed by atoms with Crippen LogP contribution in [-0.2, 0) is 0 Å². The second kappa shape index (κ2) is 6.98.